The van der Waals surface area contributed by atoms with Gasteiger partial charge in [-0.1, -0.05) is 84.9 Å². The molecule has 5 N–H and O–H groups in total. The average Bonchev–Trinajstić information content (AvgIpc) is 1.55. The molecule has 16 rings (SSSR count). The average molecular weight is 1320 g/mol. The standard InChI is InChI=1S/C19H21FN2.C12H15FN2.C12H14FN.2C12H13FO3.C11H12FN/c20-18-6-8-19(9-7-18)22-13-16-11-21(12-17(16)14-22)10-15-4-2-1-3-5-15;13-11-1-3-12(4-2-11)15-7-9-5-14-6-10(9)8-15;13-9-3-1-8(2-4-9)12-6-5-11(14)10(12)7-12;2*1-8(14)16-11-6-12(15-7-11)9-2-4-10(13)5-3-9;12-10-4-1-8(2-5-10)9-3-6-11(13)7-9/h1-9,16-17H,10-14H2;1-4,9-10,14H,5-8H2;1-4,10-11H,5-7,14H2;2*2-5,11-12H,6-7H2,1H3;1-2,4-5,7,11H,3,6,13H2/t;;;11-,12+;11-,12-;/m...10./s1. The number of hydrogen-bond acceptors (Lipinski definition) is 12. The zero-order chi connectivity index (χ0) is 67.3. The zero-order valence-electron chi connectivity index (χ0n) is 54.6. The lowest BCUT2D eigenvalue weighted by Crippen LogP contribution is -2.28. The van der Waals surface area contributed by atoms with Gasteiger partial charge in [0.2, 0.25) is 0 Å². The van der Waals surface area contributed by atoms with E-state index in [2.05, 4.69) is 56.4 Å². The minimum absolute atomic E-state index is 0.107. The number of carbonyl (C=O) groups excluding carboxylic acids is 2. The summed E-state index contributed by atoms with van der Waals surface area (Å²) in [6.07, 6.45) is 8.27. The van der Waals surface area contributed by atoms with Gasteiger partial charge in [0, 0.05) is 114 Å². The predicted molar refractivity (Wildman–Crippen MR) is 361 cm³/mol. The van der Waals surface area contributed by atoms with E-state index in [-0.39, 0.29) is 77.3 Å². The SMILES string of the molecule is CC(=O)O[C@@H]1CO[C@H](c2ccc(F)cc2)C1.CC(=O)O[C@H]1CO[C@H](c2ccc(F)cc2)C1.Fc1ccc(N2CC3CN(Cc4ccccc4)CC3C2)cc1.Fc1ccc(N2CC3CNCC3C2)cc1.NC1C=C(c2ccc(F)cc2)CC1.NC1CCC2(c3ccc(F)cc3)CC12. The fourth-order valence-corrected chi connectivity index (χ4v) is 15.0. The Kier molecular flexibility index (Phi) is 23.5. The van der Waals surface area contributed by atoms with Crippen molar-refractivity contribution in [2.24, 2.45) is 41.1 Å². The maximum atomic E-state index is 13.0. The first-order valence-corrected chi connectivity index (χ1v) is 33.7. The van der Waals surface area contributed by atoms with Gasteiger partial charge in [-0.2, -0.15) is 0 Å². The molecule has 7 aromatic rings. The smallest absolute Gasteiger partial charge is 0.302 e. The van der Waals surface area contributed by atoms with Crippen LogP contribution in [0.15, 0.2) is 182 Å². The molecular weight excluding hydrogens is 1230 g/mol. The van der Waals surface area contributed by atoms with Gasteiger partial charge < -0.3 is 45.5 Å². The zero-order valence-corrected chi connectivity index (χ0v) is 54.6. The van der Waals surface area contributed by atoms with Crippen LogP contribution in [0.2, 0.25) is 0 Å². The van der Waals surface area contributed by atoms with Crippen molar-refractivity contribution in [3.63, 3.8) is 0 Å². The number of carbonyl (C=O) groups is 2. The number of likely N-dealkylation sites (tertiary alicyclic amines) is 1. The second-order valence-corrected chi connectivity index (χ2v) is 26.9. The van der Waals surface area contributed by atoms with Crippen molar-refractivity contribution in [1.29, 1.82) is 0 Å². The third-order valence-electron chi connectivity index (χ3n) is 20.0. The molecule has 0 amide bonds. The lowest BCUT2D eigenvalue weighted by atomic mass is 9.93. The van der Waals surface area contributed by atoms with E-state index in [1.165, 1.54) is 92.9 Å². The van der Waals surface area contributed by atoms with Crippen LogP contribution < -0.4 is 26.6 Å². The first-order valence-electron chi connectivity index (χ1n) is 33.7. The first kappa shape index (κ1) is 69.5. The van der Waals surface area contributed by atoms with Crippen molar-refractivity contribution < 1.29 is 54.9 Å². The van der Waals surface area contributed by atoms with E-state index in [4.69, 9.17) is 30.4 Å². The number of fused-ring (bicyclic) bond motifs is 3. The first-order chi connectivity index (χ1) is 46.4. The number of ether oxygens (including phenoxy) is 4. The van der Waals surface area contributed by atoms with E-state index in [9.17, 15) is 35.9 Å². The van der Waals surface area contributed by atoms with Gasteiger partial charge in [-0.25, -0.2) is 26.3 Å². The van der Waals surface area contributed by atoms with Crippen molar-refractivity contribution in [3.8, 4) is 0 Å². The van der Waals surface area contributed by atoms with Gasteiger partial charge in [0.05, 0.1) is 25.4 Å². The van der Waals surface area contributed by atoms with Gasteiger partial charge >= 0.3 is 11.9 Å². The number of anilines is 2. The Morgan fingerprint density at radius 3 is 1.36 bits per heavy atom. The molecule has 18 heteroatoms. The lowest BCUT2D eigenvalue weighted by molar-refractivity contribution is -0.147. The number of esters is 2. The molecule has 0 spiro atoms. The van der Waals surface area contributed by atoms with Crippen LogP contribution in [0.3, 0.4) is 0 Å². The number of nitrogens with two attached hydrogens (primary N) is 2. The summed E-state index contributed by atoms with van der Waals surface area (Å²) in [5.74, 6) is 1.95. The fraction of sp³-hybridized carbons (Fsp3) is 0.410. The molecule has 0 bridgehead atoms. The highest BCUT2D eigenvalue weighted by Crippen LogP contribution is 2.63. The summed E-state index contributed by atoms with van der Waals surface area (Å²) in [6.45, 7) is 13.7. The van der Waals surface area contributed by atoms with Gasteiger partial charge in [0.15, 0.2) is 0 Å². The van der Waals surface area contributed by atoms with E-state index >= 15 is 0 Å². The molecule has 8 fully saturated rings. The number of benzene rings is 7. The van der Waals surface area contributed by atoms with Gasteiger partial charge in [0.1, 0.15) is 47.1 Å². The van der Waals surface area contributed by atoms with E-state index in [1.54, 1.807) is 72.8 Å². The second-order valence-electron chi connectivity index (χ2n) is 26.9. The Balaban J connectivity index is 0.000000118. The minimum Gasteiger partial charge on any atom is -0.460 e. The molecule has 0 radical (unpaired) electrons. The Hall–Kier alpha value is -7.84. The highest BCUT2D eigenvalue weighted by Gasteiger charge is 2.61. The van der Waals surface area contributed by atoms with E-state index in [0.717, 1.165) is 117 Å². The molecule has 6 saturated heterocycles. The maximum Gasteiger partial charge on any atom is 0.302 e. The van der Waals surface area contributed by atoms with Gasteiger partial charge in [0.25, 0.3) is 0 Å². The topological polar surface area (TPSA) is 145 Å². The molecule has 9 aliphatic rings. The molecule has 12 atom stereocenters. The number of nitrogens with zero attached hydrogens (tertiary/aromatic N) is 3. The molecule has 6 heterocycles. The van der Waals surface area contributed by atoms with Crippen molar-refractivity contribution in [2.45, 2.75) is 107 Å². The molecule has 3 aliphatic carbocycles. The third kappa shape index (κ3) is 18.8. The van der Waals surface area contributed by atoms with Crippen LogP contribution in [0.1, 0.15) is 98.8 Å². The van der Waals surface area contributed by atoms with E-state index in [1.807, 2.05) is 36.4 Å². The monoisotopic (exact) mass is 1320 g/mol. The lowest BCUT2D eigenvalue weighted by Gasteiger charge is -2.23. The van der Waals surface area contributed by atoms with Gasteiger partial charge in [-0.15, -0.1) is 0 Å². The number of rotatable bonds is 10. The van der Waals surface area contributed by atoms with Crippen molar-refractivity contribution in [1.82, 2.24) is 10.2 Å². The second kappa shape index (κ2) is 32.5. The largest absolute Gasteiger partial charge is 0.460 e. The van der Waals surface area contributed by atoms with Crippen molar-refractivity contribution >= 4 is 28.9 Å². The Labute approximate surface area is 559 Å². The summed E-state index contributed by atoms with van der Waals surface area (Å²) in [5, 5.41) is 3.42. The quantitative estimate of drug-likeness (QED) is 0.0885. The summed E-state index contributed by atoms with van der Waals surface area (Å²) in [6, 6.07) is 50.9. The molecule has 6 aliphatic heterocycles. The van der Waals surface area contributed by atoms with Crippen LogP contribution in [0.25, 0.3) is 5.57 Å². The third-order valence-corrected chi connectivity index (χ3v) is 20.0. The van der Waals surface area contributed by atoms with Crippen LogP contribution in [0, 0.1) is 64.5 Å². The van der Waals surface area contributed by atoms with Gasteiger partial charge in [-0.3, -0.25) is 14.5 Å². The molecule has 0 aromatic heterocycles. The Bertz CT molecular complexity index is 3550. The van der Waals surface area contributed by atoms with Gasteiger partial charge in [-0.05, 0) is 192 Å². The van der Waals surface area contributed by atoms with Crippen LogP contribution in [0.4, 0.5) is 37.7 Å². The number of hydrogen-bond donors (Lipinski definition) is 3. The van der Waals surface area contributed by atoms with Crippen LogP contribution in [-0.2, 0) is 40.5 Å². The molecule has 508 valence electrons. The molecule has 12 nitrogen and oxygen atoms in total. The maximum absolute atomic E-state index is 13.0. The highest BCUT2D eigenvalue weighted by molar-refractivity contribution is 5.68. The predicted octanol–water partition coefficient (Wildman–Crippen LogP) is 13.8. The molecule has 2 saturated carbocycles. The fourth-order valence-electron chi connectivity index (χ4n) is 15.0. The molecule has 96 heavy (non-hydrogen) atoms. The summed E-state index contributed by atoms with van der Waals surface area (Å²) < 4.78 is 97.7. The van der Waals surface area contributed by atoms with Crippen molar-refractivity contribution in [2.75, 3.05) is 75.4 Å². The molecule has 7 aromatic carbocycles. The van der Waals surface area contributed by atoms with Crippen LogP contribution >= 0.6 is 0 Å². The van der Waals surface area contributed by atoms with E-state index < -0.39 is 0 Å². The van der Waals surface area contributed by atoms with Crippen LogP contribution in [0.5, 0.6) is 0 Å². The number of halogens is 6. The Morgan fingerprint density at radius 2 is 0.958 bits per heavy atom. The summed E-state index contributed by atoms with van der Waals surface area (Å²) in [4.78, 5) is 28.9. The Morgan fingerprint density at radius 1 is 0.531 bits per heavy atom. The highest BCUT2D eigenvalue weighted by atomic mass is 19.1. The molecular formula is C78H88F6N6O6. The summed E-state index contributed by atoms with van der Waals surface area (Å²) >= 11 is 0. The van der Waals surface area contributed by atoms with E-state index in [0.29, 0.717) is 43.4 Å². The van der Waals surface area contributed by atoms with Crippen molar-refractivity contribution in [3.05, 3.63) is 245 Å². The summed E-state index contributed by atoms with van der Waals surface area (Å²) in [7, 11) is 0. The number of allylic oxidation sites excluding steroid dienone is 1. The normalized spacial score (nSPS) is 27.1. The molecule has 8 unspecified atom stereocenters. The number of nitrogens with one attached hydrogen (secondary N) is 1. The van der Waals surface area contributed by atoms with Crippen LogP contribution in [-0.4, -0.2) is 107 Å². The minimum atomic E-state index is -0.298. The summed E-state index contributed by atoms with van der Waals surface area (Å²) in [5.41, 5.74) is 21.2.